The van der Waals surface area contributed by atoms with Crippen molar-refractivity contribution >= 4 is 26.7 Å². The van der Waals surface area contributed by atoms with Crippen LogP contribution in [0.1, 0.15) is 5.56 Å². The number of ether oxygens (including phenoxy) is 1. The van der Waals surface area contributed by atoms with E-state index in [4.69, 9.17) is 9.57 Å². The van der Waals surface area contributed by atoms with Gasteiger partial charge in [-0.05, 0) is 41.1 Å². The van der Waals surface area contributed by atoms with Crippen LogP contribution in [0.5, 0.6) is 0 Å². The Morgan fingerprint density at radius 1 is 1.14 bits per heavy atom. The number of nitro benzene ring substituents is 1. The molecular formula is C17H17N5O6S. The van der Waals surface area contributed by atoms with Crippen LogP contribution in [0.4, 0.5) is 5.69 Å². The molecule has 1 saturated heterocycles. The summed E-state index contributed by atoms with van der Waals surface area (Å²) in [5.41, 5.74) is 1.56. The molecule has 2 heterocycles. The van der Waals surface area contributed by atoms with Gasteiger partial charge < -0.3 is 9.57 Å². The third-order valence-electron chi connectivity index (χ3n) is 4.50. The molecule has 0 atom stereocenters. The number of nitrogens with zero attached hydrogens (tertiary/aromatic N) is 5. The molecule has 4 rings (SSSR count). The number of sulfonamides is 1. The third-order valence-corrected chi connectivity index (χ3v) is 6.39. The molecule has 1 aliphatic heterocycles. The van der Waals surface area contributed by atoms with Gasteiger partial charge in [0, 0.05) is 25.2 Å². The molecule has 12 heteroatoms. The van der Waals surface area contributed by atoms with Crippen molar-refractivity contribution < 1.29 is 22.9 Å². The lowest BCUT2D eigenvalue weighted by molar-refractivity contribution is -0.384. The van der Waals surface area contributed by atoms with Crippen LogP contribution in [0.15, 0.2) is 47.4 Å². The summed E-state index contributed by atoms with van der Waals surface area (Å²) in [4.78, 5) is 17.1. The summed E-state index contributed by atoms with van der Waals surface area (Å²) < 4.78 is 32.3. The van der Waals surface area contributed by atoms with Crippen LogP contribution in [0.2, 0.25) is 0 Å². The van der Waals surface area contributed by atoms with Crippen molar-refractivity contribution in [2.24, 2.45) is 0 Å². The molecule has 3 aromatic rings. The first-order valence-corrected chi connectivity index (χ1v) is 10.2. The van der Waals surface area contributed by atoms with Gasteiger partial charge in [0.15, 0.2) is 0 Å². The SMILES string of the molecule is O=[N+]([O-])c1ccc(COn2nnc3ccc(S(=O)(=O)N4CCOCC4)cc32)cc1. The Kier molecular flexibility index (Phi) is 5.13. The Morgan fingerprint density at radius 3 is 2.55 bits per heavy atom. The quantitative estimate of drug-likeness (QED) is 0.427. The van der Waals surface area contributed by atoms with Crippen molar-refractivity contribution in [1.82, 2.24) is 19.5 Å². The number of rotatable bonds is 6. The Labute approximate surface area is 165 Å². The molecule has 1 aliphatic rings. The molecule has 152 valence electrons. The molecule has 1 fully saturated rings. The van der Waals surface area contributed by atoms with Crippen molar-refractivity contribution in [1.29, 1.82) is 0 Å². The fourth-order valence-corrected chi connectivity index (χ4v) is 4.35. The van der Waals surface area contributed by atoms with Crippen LogP contribution in [0, 0.1) is 10.1 Å². The maximum absolute atomic E-state index is 12.9. The molecular weight excluding hydrogens is 402 g/mol. The molecule has 1 aromatic heterocycles. The van der Waals surface area contributed by atoms with E-state index in [-0.39, 0.29) is 17.2 Å². The highest BCUT2D eigenvalue weighted by Gasteiger charge is 2.27. The Morgan fingerprint density at radius 2 is 1.86 bits per heavy atom. The zero-order valence-corrected chi connectivity index (χ0v) is 16.0. The lowest BCUT2D eigenvalue weighted by atomic mass is 10.2. The average molecular weight is 419 g/mol. The molecule has 0 aliphatic carbocycles. The van der Waals surface area contributed by atoms with Gasteiger partial charge >= 0.3 is 0 Å². The van der Waals surface area contributed by atoms with E-state index in [2.05, 4.69) is 10.3 Å². The number of morpholine rings is 1. The summed E-state index contributed by atoms with van der Waals surface area (Å²) in [5, 5.41) is 18.6. The lowest BCUT2D eigenvalue weighted by Gasteiger charge is -2.26. The molecule has 0 radical (unpaired) electrons. The largest absolute Gasteiger partial charge is 0.390 e. The molecule has 0 saturated carbocycles. The minimum atomic E-state index is -3.66. The van der Waals surface area contributed by atoms with Gasteiger partial charge in [0.2, 0.25) is 10.0 Å². The molecule has 0 unspecified atom stereocenters. The Bertz CT molecular complexity index is 1140. The van der Waals surface area contributed by atoms with E-state index in [0.29, 0.717) is 42.9 Å². The standard InChI is InChI=1S/C17H17N5O6S/c23-22(24)14-3-1-13(2-4-14)12-28-21-17-11-15(5-6-16(17)18-19-21)29(25,26)20-7-9-27-10-8-20/h1-6,11H,7-10,12H2. The smallest absolute Gasteiger partial charge is 0.269 e. The van der Waals surface area contributed by atoms with E-state index in [0.717, 1.165) is 4.85 Å². The fourth-order valence-electron chi connectivity index (χ4n) is 2.92. The molecule has 11 nitrogen and oxygen atoms in total. The molecule has 0 N–H and O–H groups in total. The third kappa shape index (κ3) is 3.90. The van der Waals surface area contributed by atoms with Crippen LogP contribution in [0.25, 0.3) is 11.0 Å². The predicted octanol–water partition coefficient (Wildman–Crippen LogP) is 0.989. The first kappa shape index (κ1) is 19.2. The summed E-state index contributed by atoms with van der Waals surface area (Å²) in [7, 11) is -3.66. The summed E-state index contributed by atoms with van der Waals surface area (Å²) in [6.07, 6.45) is 0. The van der Waals surface area contributed by atoms with Gasteiger partial charge in [-0.15, -0.1) is 5.10 Å². The molecule has 2 aromatic carbocycles. The maximum Gasteiger partial charge on any atom is 0.269 e. The van der Waals surface area contributed by atoms with E-state index in [1.165, 1.54) is 28.6 Å². The second-order valence-corrected chi connectivity index (χ2v) is 8.26. The van der Waals surface area contributed by atoms with Crippen molar-refractivity contribution in [2.75, 3.05) is 26.3 Å². The van der Waals surface area contributed by atoms with Gasteiger partial charge in [-0.3, -0.25) is 10.1 Å². The fraction of sp³-hybridized carbons (Fsp3) is 0.294. The molecule has 0 spiro atoms. The zero-order valence-electron chi connectivity index (χ0n) is 15.2. The van der Waals surface area contributed by atoms with Crippen LogP contribution < -0.4 is 4.84 Å². The second kappa shape index (κ2) is 7.73. The van der Waals surface area contributed by atoms with Gasteiger partial charge in [0.05, 0.1) is 23.0 Å². The molecule has 0 bridgehead atoms. The van der Waals surface area contributed by atoms with E-state index >= 15 is 0 Å². The van der Waals surface area contributed by atoms with Crippen molar-refractivity contribution in [3.8, 4) is 0 Å². The number of non-ortho nitro benzene ring substituents is 1. The number of hydrogen-bond donors (Lipinski definition) is 0. The normalized spacial score (nSPS) is 15.4. The van der Waals surface area contributed by atoms with E-state index in [9.17, 15) is 18.5 Å². The number of benzene rings is 2. The Balaban J connectivity index is 1.56. The average Bonchev–Trinajstić information content (AvgIpc) is 3.15. The number of fused-ring (bicyclic) bond motifs is 1. The monoisotopic (exact) mass is 419 g/mol. The number of nitro groups is 1. The van der Waals surface area contributed by atoms with E-state index in [1.54, 1.807) is 18.2 Å². The number of hydrogen-bond acceptors (Lipinski definition) is 8. The molecule has 29 heavy (non-hydrogen) atoms. The summed E-state index contributed by atoms with van der Waals surface area (Å²) >= 11 is 0. The number of aromatic nitrogens is 3. The topological polar surface area (TPSA) is 130 Å². The van der Waals surface area contributed by atoms with E-state index in [1.807, 2.05) is 0 Å². The zero-order chi connectivity index (χ0) is 20.4. The summed E-state index contributed by atoms with van der Waals surface area (Å²) in [5.74, 6) is 0. The van der Waals surface area contributed by atoms with Crippen LogP contribution in [0.3, 0.4) is 0 Å². The Hall–Kier alpha value is -3.09. The lowest BCUT2D eigenvalue weighted by Crippen LogP contribution is -2.40. The minimum absolute atomic E-state index is 0.0158. The van der Waals surface area contributed by atoms with Crippen molar-refractivity contribution in [3.05, 3.63) is 58.1 Å². The minimum Gasteiger partial charge on any atom is -0.390 e. The summed E-state index contributed by atoms with van der Waals surface area (Å²) in [6, 6.07) is 10.4. The van der Waals surface area contributed by atoms with Crippen molar-refractivity contribution in [2.45, 2.75) is 11.5 Å². The van der Waals surface area contributed by atoms with Crippen LogP contribution in [-0.2, 0) is 21.4 Å². The van der Waals surface area contributed by atoms with E-state index < -0.39 is 14.9 Å². The van der Waals surface area contributed by atoms with Gasteiger partial charge in [0.25, 0.3) is 5.69 Å². The van der Waals surface area contributed by atoms with Crippen molar-refractivity contribution in [3.63, 3.8) is 0 Å². The van der Waals surface area contributed by atoms with Gasteiger partial charge in [-0.1, -0.05) is 4.85 Å². The predicted molar refractivity (Wildman–Crippen MR) is 100 cm³/mol. The second-order valence-electron chi connectivity index (χ2n) is 6.33. The first-order valence-electron chi connectivity index (χ1n) is 8.75. The molecule has 0 amide bonds. The van der Waals surface area contributed by atoms with Gasteiger partial charge in [-0.2, -0.15) is 4.31 Å². The van der Waals surface area contributed by atoms with Crippen LogP contribution >= 0.6 is 0 Å². The van der Waals surface area contributed by atoms with Crippen LogP contribution in [-0.4, -0.2) is 59.1 Å². The summed E-state index contributed by atoms with van der Waals surface area (Å²) in [6.45, 7) is 1.40. The maximum atomic E-state index is 12.9. The van der Waals surface area contributed by atoms with Gasteiger partial charge in [-0.25, -0.2) is 8.42 Å². The first-order chi connectivity index (χ1) is 13.9. The highest BCUT2D eigenvalue weighted by Crippen LogP contribution is 2.21. The highest BCUT2D eigenvalue weighted by atomic mass is 32.2. The highest BCUT2D eigenvalue weighted by molar-refractivity contribution is 7.89. The van der Waals surface area contributed by atoms with Gasteiger partial charge in [0.1, 0.15) is 17.6 Å².